The molecular formula is C18H21N7. The average Bonchev–Trinajstić information content (AvgIpc) is 3.23. The number of aryl methyl sites for hydroxylation is 1. The van der Waals surface area contributed by atoms with Crippen molar-refractivity contribution in [2.24, 2.45) is 0 Å². The summed E-state index contributed by atoms with van der Waals surface area (Å²) < 4.78 is 1.96. The number of rotatable bonds is 4. The lowest BCUT2D eigenvalue weighted by Gasteiger charge is -2.33. The predicted molar refractivity (Wildman–Crippen MR) is 95.1 cm³/mol. The summed E-state index contributed by atoms with van der Waals surface area (Å²) in [5.74, 6) is 1.75. The summed E-state index contributed by atoms with van der Waals surface area (Å²) in [4.78, 5) is 20.0. The molecule has 4 rings (SSSR count). The van der Waals surface area contributed by atoms with E-state index < -0.39 is 0 Å². The smallest absolute Gasteiger partial charge is 0.161 e. The molecule has 0 N–H and O–H groups in total. The van der Waals surface area contributed by atoms with Crippen LogP contribution < -0.4 is 4.90 Å². The molecule has 0 amide bonds. The van der Waals surface area contributed by atoms with Gasteiger partial charge in [-0.2, -0.15) is 5.10 Å². The number of anilines is 1. The monoisotopic (exact) mass is 335 g/mol. The molecule has 4 heterocycles. The molecule has 7 heteroatoms. The van der Waals surface area contributed by atoms with Crippen LogP contribution in [0.3, 0.4) is 0 Å². The molecule has 7 nitrogen and oxygen atoms in total. The van der Waals surface area contributed by atoms with Crippen LogP contribution in [0.1, 0.15) is 31.5 Å². The molecule has 1 fully saturated rings. The molecule has 0 aromatic carbocycles. The lowest BCUT2D eigenvalue weighted by atomic mass is 10.1. The van der Waals surface area contributed by atoms with Crippen LogP contribution in [0.5, 0.6) is 0 Å². The van der Waals surface area contributed by atoms with Crippen molar-refractivity contribution in [1.29, 1.82) is 0 Å². The summed E-state index contributed by atoms with van der Waals surface area (Å²) in [6.45, 7) is 4.01. The van der Waals surface area contributed by atoms with Crippen molar-refractivity contribution in [2.45, 2.75) is 32.2 Å². The SMILES string of the molecule is CCc1cc(N2CCCC(n3cncn3)C2)nc(-c2ccncc2)n1. The Balaban J connectivity index is 1.65. The van der Waals surface area contributed by atoms with Crippen molar-refractivity contribution in [2.75, 3.05) is 18.0 Å². The highest BCUT2D eigenvalue weighted by molar-refractivity contribution is 5.57. The number of hydrogen-bond acceptors (Lipinski definition) is 6. The minimum absolute atomic E-state index is 0.334. The Hall–Kier alpha value is -2.83. The second-order valence-electron chi connectivity index (χ2n) is 6.25. The van der Waals surface area contributed by atoms with Gasteiger partial charge in [-0.3, -0.25) is 4.98 Å². The summed E-state index contributed by atoms with van der Waals surface area (Å²) in [7, 11) is 0. The van der Waals surface area contributed by atoms with E-state index in [1.165, 1.54) is 0 Å². The summed E-state index contributed by atoms with van der Waals surface area (Å²) in [6.07, 6.45) is 10.1. The summed E-state index contributed by atoms with van der Waals surface area (Å²) >= 11 is 0. The molecule has 0 spiro atoms. The molecular weight excluding hydrogens is 314 g/mol. The van der Waals surface area contributed by atoms with Crippen molar-refractivity contribution < 1.29 is 0 Å². The van der Waals surface area contributed by atoms with E-state index in [1.807, 2.05) is 16.8 Å². The van der Waals surface area contributed by atoms with Gasteiger partial charge in [-0.15, -0.1) is 0 Å². The van der Waals surface area contributed by atoms with Crippen LogP contribution in [-0.4, -0.2) is 42.8 Å². The molecule has 1 aliphatic rings. The zero-order chi connectivity index (χ0) is 17.1. The van der Waals surface area contributed by atoms with Gasteiger partial charge in [0, 0.05) is 42.8 Å². The van der Waals surface area contributed by atoms with E-state index in [0.29, 0.717) is 6.04 Å². The van der Waals surface area contributed by atoms with E-state index in [-0.39, 0.29) is 0 Å². The first-order valence-corrected chi connectivity index (χ1v) is 8.71. The summed E-state index contributed by atoms with van der Waals surface area (Å²) in [5.41, 5.74) is 2.05. The molecule has 1 saturated heterocycles. The van der Waals surface area contributed by atoms with Crippen LogP contribution in [0.4, 0.5) is 5.82 Å². The maximum atomic E-state index is 4.83. The number of pyridine rings is 1. The lowest BCUT2D eigenvalue weighted by molar-refractivity contribution is 0.374. The summed E-state index contributed by atoms with van der Waals surface area (Å²) in [6, 6.07) is 6.34. The van der Waals surface area contributed by atoms with Gasteiger partial charge in [0.25, 0.3) is 0 Å². The normalized spacial score (nSPS) is 17.6. The molecule has 0 saturated carbocycles. The highest BCUT2D eigenvalue weighted by Gasteiger charge is 2.23. The molecule has 1 aliphatic heterocycles. The highest BCUT2D eigenvalue weighted by atomic mass is 15.4. The predicted octanol–water partition coefficient (Wildman–Crippen LogP) is 2.53. The Morgan fingerprint density at radius 3 is 2.80 bits per heavy atom. The molecule has 3 aromatic heterocycles. The maximum absolute atomic E-state index is 4.83. The molecule has 25 heavy (non-hydrogen) atoms. The first-order chi connectivity index (χ1) is 12.3. The Bertz CT molecular complexity index is 817. The van der Waals surface area contributed by atoms with Crippen molar-refractivity contribution >= 4 is 5.82 Å². The van der Waals surface area contributed by atoms with Crippen LogP contribution in [0.25, 0.3) is 11.4 Å². The number of hydrogen-bond donors (Lipinski definition) is 0. The van der Waals surface area contributed by atoms with Crippen LogP contribution in [0.2, 0.25) is 0 Å². The van der Waals surface area contributed by atoms with Gasteiger partial charge in [-0.1, -0.05) is 6.92 Å². The average molecular weight is 335 g/mol. The van der Waals surface area contributed by atoms with Crippen LogP contribution in [0, 0.1) is 0 Å². The van der Waals surface area contributed by atoms with Crippen LogP contribution in [-0.2, 0) is 6.42 Å². The van der Waals surface area contributed by atoms with Crippen LogP contribution >= 0.6 is 0 Å². The van der Waals surface area contributed by atoms with Crippen molar-refractivity contribution in [3.8, 4) is 11.4 Å². The topological polar surface area (TPSA) is 72.6 Å². The molecule has 1 atom stereocenters. The van der Waals surface area contributed by atoms with Gasteiger partial charge in [0.2, 0.25) is 0 Å². The number of nitrogens with zero attached hydrogens (tertiary/aromatic N) is 7. The van der Waals surface area contributed by atoms with E-state index >= 15 is 0 Å². The lowest BCUT2D eigenvalue weighted by Crippen LogP contribution is -2.37. The number of piperidine rings is 1. The van der Waals surface area contributed by atoms with E-state index in [0.717, 1.165) is 55.3 Å². The van der Waals surface area contributed by atoms with Crippen molar-refractivity contribution in [1.82, 2.24) is 29.7 Å². The third-order valence-electron chi connectivity index (χ3n) is 4.60. The summed E-state index contributed by atoms with van der Waals surface area (Å²) in [5, 5.41) is 4.31. The Morgan fingerprint density at radius 1 is 1.16 bits per heavy atom. The molecule has 128 valence electrons. The van der Waals surface area contributed by atoms with E-state index in [4.69, 9.17) is 9.97 Å². The highest BCUT2D eigenvalue weighted by Crippen LogP contribution is 2.26. The standard InChI is InChI=1S/C18H21N7/c1-2-15-10-17(23-18(22-15)14-5-7-19-8-6-14)24-9-3-4-16(11-24)25-13-20-12-21-25/h5-8,10,12-13,16H,2-4,9,11H2,1H3. The van der Waals surface area contributed by atoms with Gasteiger partial charge in [-0.25, -0.2) is 19.6 Å². The number of aromatic nitrogens is 6. The third kappa shape index (κ3) is 3.35. The fourth-order valence-corrected chi connectivity index (χ4v) is 3.24. The van der Waals surface area contributed by atoms with E-state index in [2.05, 4.69) is 33.0 Å². The Morgan fingerprint density at radius 2 is 2.04 bits per heavy atom. The first-order valence-electron chi connectivity index (χ1n) is 8.71. The van der Waals surface area contributed by atoms with Crippen LogP contribution in [0.15, 0.2) is 43.2 Å². The Kier molecular flexibility index (Phi) is 4.37. The zero-order valence-electron chi connectivity index (χ0n) is 14.3. The third-order valence-corrected chi connectivity index (χ3v) is 4.60. The van der Waals surface area contributed by atoms with E-state index in [9.17, 15) is 0 Å². The van der Waals surface area contributed by atoms with Gasteiger partial charge in [-0.05, 0) is 31.4 Å². The van der Waals surface area contributed by atoms with Gasteiger partial charge in [0.05, 0.1) is 6.04 Å². The molecule has 0 bridgehead atoms. The fraction of sp³-hybridized carbons (Fsp3) is 0.389. The van der Waals surface area contributed by atoms with Gasteiger partial charge < -0.3 is 4.90 Å². The van der Waals surface area contributed by atoms with Crippen molar-refractivity contribution in [3.05, 3.63) is 48.9 Å². The second kappa shape index (κ2) is 6.96. The van der Waals surface area contributed by atoms with E-state index in [1.54, 1.807) is 25.0 Å². The van der Waals surface area contributed by atoms with Gasteiger partial charge >= 0.3 is 0 Å². The quantitative estimate of drug-likeness (QED) is 0.729. The van der Waals surface area contributed by atoms with Gasteiger partial charge in [0.15, 0.2) is 5.82 Å². The largest absolute Gasteiger partial charge is 0.354 e. The molecule has 1 unspecified atom stereocenters. The maximum Gasteiger partial charge on any atom is 0.161 e. The molecule has 3 aromatic rings. The Labute approximate surface area is 146 Å². The zero-order valence-corrected chi connectivity index (χ0v) is 14.3. The van der Waals surface area contributed by atoms with Gasteiger partial charge in [0.1, 0.15) is 18.5 Å². The minimum Gasteiger partial charge on any atom is -0.354 e. The minimum atomic E-state index is 0.334. The van der Waals surface area contributed by atoms with Crippen molar-refractivity contribution in [3.63, 3.8) is 0 Å². The first kappa shape index (κ1) is 15.7. The second-order valence-corrected chi connectivity index (χ2v) is 6.25. The molecule has 0 radical (unpaired) electrons. The fourth-order valence-electron chi connectivity index (χ4n) is 3.24. The molecule has 0 aliphatic carbocycles.